The number of nitrogens with two attached hydrogens (primary N) is 1. The minimum atomic E-state index is 0. The summed E-state index contributed by atoms with van der Waals surface area (Å²) in [6.45, 7) is 1.07. The molecule has 3 rings (SSSR count). The van der Waals surface area contributed by atoms with Crippen LogP contribution in [0.2, 0.25) is 0 Å². The first-order chi connectivity index (χ1) is 12.2. The molecule has 0 saturated carbocycles. The van der Waals surface area contributed by atoms with E-state index in [0.717, 1.165) is 34.8 Å². The van der Waals surface area contributed by atoms with E-state index in [0.29, 0.717) is 19.1 Å². The van der Waals surface area contributed by atoms with Crippen molar-refractivity contribution in [3.63, 3.8) is 0 Å². The normalized spacial score (nSPS) is 15.9. The van der Waals surface area contributed by atoms with E-state index in [2.05, 4.69) is 10.3 Å². The van der Waals surface area contributed by atoms with Gasteiger partial charge in [-0.1, -0.05) is 18.2 Å². The van der Waals surface area contributed by atoms with Gasteiger partial charge in [-0.3, -0.25) is 0 Å². The Hall–Kier alpha value is -2.16. The Morgan fingerprint density at radius 2 is 2.04 bits per heavy atom. The van der Waals surface area contributed by atoms with Crippen molar-refractivity contribution in [2.24, 2.45) is 10.7 Å². The molecular formula is C19H24IN3O3. The van der Waals surface area contributed by atoms with Crippen LogP contribution in [0.1, 0.15) is 23.6 Å². The van der Waals surface area contributed by atoms with Crippen LogP contribution in [0.3, 0.4) is 0 Å². The van der Waals surface area contributed by atoms with E-state index in [1.165, 1.54) is 0 Å². The third-order valence-electron chi connectivity index (χ3n) is 4.19. The molecule has 1 atom stereocenters. The highest BCUT2D eigenvalue weighted by Crippen LogP contribution is 2.31. The van der Waals surface area contributed by atoms with Gasteiger partial charge in [-0.2, -0.15) is 0 Å². The molecule has 0 bridgehead atoms. The number of methoxy groups -OCH3 is 2. The third kappa shape index (κ3) is 4.72. The zero-order valence-electron chi connectivity index (χ0n) is 14.9. The van der Waals surface area contributed by atoms with E-state index in [1.54, 1.807) is 14.2 Å². The smallest absolute Gasteiger partial charge is 0.189 e. The minimum Gasteiger partial charge on any atom is -0.497 e. The van der Waals surface area contributed by atoms with Crippen molar-refractivity contribution in [2.75, 3.05) is 20.8 Å². The second-order valence-corrected chi connectivity index (χ2v) is 5.75. The zero-order chi connectivity index (χ0) is 17.6. The van der Waals surface area contributed by atoms with Crippen molar-refractivity contribution in [3.05, 3.63) is 53.6 Å². The SMILES string of the molecule is COc1ccc(OC)c(CN=C(N)NC2CCOc3ccccc32)c1.I. The van der Waals surface area contributed by atoms with Crippen LogP contribution in [0.4, 0.5) is 0 Å². The molecule has 2 aromatic rings. The minimum absolute atomic E-state index is 0. The molecule has 0 radical (unpaired) electrons. The number of rotatable bonds is 5. The number of nitrogens with one attached hydrogen (secondary N) is 1. The summed E-state index contributed by atoms with van der Waals surface area (Å²) in [7, 11) is 3.27. The summed E-state index contributed by atoms with van der Waals surface area (Å²) in [5.74, 6) is 2.81. The molecule has 140 valence electrons. The summed E-state index contributed by atoms with van der Waals surface area (Å²) >= 11 is 0. The number of benzene rings is 2. The van der Waals surface area contributed by atoms with E-state index in [-0.39, 0.29) is 30.0 Å². The van der Waals surface area contributed by atoms with Crippen LogP contribution in [0.25, 0.3) is 0 Å². The molecule has 0 aromatic heterocycles. The first-order valence-electron chi connectivity index (χ1n) is 8.20. The first-order valence-corrected chi connectivity index (χ1v) is 8.20. The highest BCUT2D eigenvalue weighted by molar-refractivity contribution is 14.0. The van der Waals surface area contributed by atoms with Gasteiger partial charge in [0.05, 0.1) is 33.4 Å². The molecule has 1 aliphatic heterocycles. The summed E-state index contributed by atoms with van der Waals surface area (Å²) in [6.07, 6.45) is 0.843. The predicted molar refractivity (Wildman–Crippen MR) is 113 cm³/mol. The summed E-state index contributed by atoms with van der Waals surface area (Å²) in [6, 6.07) is 13.7. The number of nitrogens with zero attached hydrogens (tertiary/aromatic N) is 1. The summed E-state index contributed by atoms with van der Waals surface area (Å²) in [5, 5.41) is 3.29. The van der Waals surface area contributed by atoms with Crippen LogP contribution >= 0.6 is 24.0 Å². The zero-order valence-corrected chi connectivity index (χ0v) is 17.2. The molecule has 1 unspecified atom stereocenters. The lowest BCUT2D eigenvalue weighted by atomic mass is 10.0. The second kappa shape index (κ2) is 9.51. The first kappa shape index (κ1) is 20.2. The Labute approximate surface area is 170 Å². The van der Waals surface area contributed by atoms with Crippen molar-refractivity contribution >= 4 is 29.9 Å². The number of hydrogen-bond donors (Lipinski definition) is 2. The lowest BCUT2D eigenvalue weighted by Gasteiger charge is -2.27. The number of guanidine groups is 1. The topological polar surface area (TPSA) is 78.1 Å². The average Bonchev–Trinajstić information content (AvgIpc) is 2.66. The van der Waals surface area contributed by atoms with Crippen LogP contribution in [-0.2, 0) is 6.54 Å². The molecular weight excluding hydrogens is 445 g/mol. The standard InChI is InChI=1S/C19H23N3O3.HI/c1-23-14-7-8-17(24-2)13(11-14)12-21-19(20)22-16-9-10-25-18-6-4-3-5-15(16)18;/h3-8,11,16H,9-10,12H2,1-2H3,(H3,20,21,22);1H. The van der Waals surface area contributed by atoms with Crippen LogP contribution < -0.4 is 25.3 Å². The summed E-state index contributed by atoms with van der Waals surface area (Å²) < 4.78 is 16.3. The van der Waals surface area contributed by atoms with Crippen LogP contribution in [0, 0.1) is 0 Å². The number of fused-ring (bicyclic) bond motifs is 1. The maximum Gasteiger partial charge on any atom is 0.189 e. The van der Waals surface area contributed by atoms with Crippen LogP contribution in [0.15, 0.2) is 47.5 Å². The van der Waals surface area contributed by atoms with Gasteiger partial charge in [-0.05, 0) is 24.3 Å². The third-order valence-corrected chi connectivity index (χ3v) is 4.19. The highest BCUT2D eigenvalue weighted by atomic mass is 127. The van der Waals surface area contributed by atoms with E-state index >= 15 is 0 Å². The number of halogens is 1. The lowest BCUT2D eigenvalue weighted by molar-refractivity contribution is 0.262. The van der Waals surface area contributed by atoms with Crippen LogP contribution in [-0.4, -0.2) is 26.8 Å². The number of aliphatic imine (C=N–C) groups is 1. The van der Waals surface area contributed by atoms with Gasteiger partial charge in [-0.25, -0.2) is 4.99 Å². The van der Waals surface area contributed by atoms with Crippen LogP contribution in [0.5, 0.6) is 17.2 Å². The molecule has 0 aliphatic carbocycles. The molecule has 7 heteroatoms. The highest BCUT2D eigenvalue weighted by Gasteiger charge is 2.21. The molecule has 6 nitrogen and oxygen atoms in total. The van der Waals surface area contributed by atoms with Gasteiger partial charge in [-0.15, -0.1) is 24.0 Å². The molecule has 0 saturated heterocycles. The quantitative estimate of drug-likeness (QED) is 0.400. The van der Waals surface area contributed by atoms with Gasteiger partial charge in [0.1, 0.15) is 17.2 Å². The molecule has 1 aliphatic rings. The second-order valence-electron chi connectivity index (χ2n) is 5.75. The monoisotopic (exact) mass is 469 g/mol. The van der Waals surface area contributed by atoms with E-state index in [9.17, 15) is 0 Å². The van der Waals surface area contributed by atoms with E-state index in [4.69, 9.17) is 19.9 Å². The maximum atomic E-state index is 6.10. The Morgan fingerprint density at radius 1 is 1.23 bits per heavy atom. The van der Waals surface area contributed by atoms with Crippen molar-refractivity contribution < 1.29 is 14.2 Å². The predicted octanol–water partition coefficient (Wildman–Crippen LogP) is 3.25. The lowest BCUT2D eigenvalue weighted by Crippen LogP contribution is -2.37. The number of hydrogen-bond acceptors (Lipinski definition) is 4. The van der Waals surface area contributed by atoms with Crippen molar-refractivity contribution in [1.82, 2.24) is 5.32 Å². The summed E-state index contributed by atoms with van der Waals surface area (Å²) in [4.78, 5) is 4.45. The number of ether oxygens (including phenoxy) is 3. The molecule has 3 N–H and O–H groups in total. The van der Waals surface area contributed by atoms with Gasteiger partial charge in [0.2, 0.25) is 0 Å². The van der Waals surface area contributed by atoms with E-state index in [1.807, 2.05) is 42.5 Å². The Morgan fingerprint density at radius 3 is 2.81 bits per heavy atom. The fourth-order valence-electron chi connectivity index (χ4n) is 2.89. The molecule has 1 heterocycles. The molecule has 0 spiro atoms. The fraction of sp³-hybridized carbons (Fsp3) is 0.316. The Balaban J connectivity index is 0.00000243. The van der Waals surface area contributed by atoms with Gasteiger partial charge < -0.3 is 25.3 Å². The van der Waals surface area contributed by atoms with Gasteiger partial charge >= 0.3 is 0 Å². The number of para-hydroxylation sites is 1. The van der Waals surface area contributed by atoms with Crippen molar-refractivity contribution in [1.29, 1.82) is 0 Å². The van der Waals surface area contributed by atoms with E-state index < -0.39 is 0 Å². The maximum absolute atomic E-state index is 6.10. The molecule has 0 fully saturated rings. The van der Waals surface area contributed by atoms with Gasteiger partial charge in [0.15, 0.2) is 5.96 Å². The Kier molecular flexibility index (Phi) is 7.38. The van der Waals surface area contributed by atoms with Crippen molar-refractivity contribution in [2.45, 2.75) is 19.0 Å². The summed E-state index contributed by atoms with van der Waals surface area (Å²) in [5.41, 5.74) is 8.12. The molecule has 26 heavy (non-hydrogen) atoms. The molecule has 0 amide bonds. The average molecular weight is 469 g/mol. The van der Waals surface area contributed by atoms with Crippen molar-refractivity contribution in [3.8, 4) is 17.2 Å². The fourth-order valence-corrected chi connectivity index (χ4v) is 2.89. The largest absolute Gasteiger partial charge is 0.497 e. The van der Waals surface area contributed by atoms with Gasteiger partial charge in [0, 0.05) is 17.5 Å². The molecule has 2 aromatic carbocycles. The van der Waals surface area contributed by atoms with Gasteiger partial charge in [0.25, 0.3) is 0 Å². The Bertz CT molecular complexity index is 767.